The SMILES string of the molecule is Cc1cc(CN(C)CC(=O)Nc2cc(Cl)ccc2-n2cncn2)cc(C)c1OCC(F)(F)F. The number of aryl methyl sites for hydroxylation is 2. The van der Waals surface area contributed by atoms with E-state index in [0.29, 0.717) is 34.1 Å². The molecule has 0 bridgehead atoms. The van der Waals surface area contributed by atoms with E-state index in [2.05, 4.69) is 15.4 Å². The molecule has 1 N–H and O–H groups in total. The summed E-state index contributed by atoms with van der Waals surface area (Å²) in [6.45, 7) is 2.54. The third-order valence-corrected chi connectivity index (χ3v) is 4.90. The Morgan fingerprint density at radius 3 is 2.52 bits per heavy atom. The Kier molecular flexibility index (Phi) is 7.60. The van der Waals surface area contributed by atoms with Crippen molar-refractivity contribution in [2.45, 2.75) is 26.6 Å². The topological polar surface area (TPSA) is 72.3 Å². The summed E-state index contributed by atoms with van der Waals surface area (Å²) in [4.78, 5) is 18.4. The van der Waals surface area contributed by atoms with Crippen LogP contribution in [0.2, 0.25) is 5.02 Å². The van der Waals surface area contributed by atoms with Gasteiger partial charge in [-0.3, -0.25) is 9.69 Å². The highest BCUT2D eigenvalue weighted by Crippen LogP contribution is 2.28. The molecule has 3 aromatic rings. The summed E-state index contributed by atoms with van der Waals surface area (Å²) in [5, 5.41) is 7.38. The molecule has 0 spiro atoms. The number of likely N-dealkylation sites (N-methyl/N-ethyl adjacent to an activating group) is 1. The number of aromatic nitrogens is 3. The molecule has 0 radical (unpaired) electrons. The average molecular weight is 482 g/mol. The zero-order valence-corrected chi connectivity index (χ0v) is 19.0. The Morgan fingerprint density at radius 1 is 1.21 bits per heavy atom. The number of hydrogen-bond acceptors (Lipinski definition) is 5. The lowest BCUT2D eigenvalue weighted by Crippen LogP contribution is -2.30. The van der Waals surface area contributed by atoms with Crippen molar-refractivity contribution in [1.82, 2.24) is 19.7 Å². The first-order valence-corrected chi connectivity index (χ1v) is 10.3. The van der Waals surface area contributed by atoms with Crippen LogP contribution in [-0.2, 0) is 11.3 Å². The van der Waals surface area contributed by atoms with E-state index >= 15 is 0 Å². The normalized spacial score (nSPS) is 11.6. The van der Waals surface area contributed by atoms with Crippen molar-refractivity contribution < 1.29 is 22.7 Å². The predicted molar refractivity (Wildman–Crippen MR) is 119 cm³/mol. The van der Waals surface area contributed by atoms with Crippen molar-refractivity contribution >= 4 is 23.2 Å². The summed E-state index contributed by atoms with van der Waals surface area (Å²) in [6, 6.07) is 8.56. The van der Waals surface area contributed by atoms with E-state index < -0.39 is 12.8 Å². The van der Waals surface area contributed by atoms with Crippen LogP contribution in [0.15, 0.2) is 43.0 Å². The molecule has 0 aliphatic heterocycles. The second-order valence-corrected chi connectivity index (χ2v) is 8.12. The highest BCUT2D eigenvalue weighted by atomic mass is 35.5. The molecule has 1 amide bonds. The third kappa shape index (κ3) is 6.93. The van der Waals surface area contributed by atoms with E-state index in [-0.39, 0.29) is 18.2 Å². The fraction of sp³-hybridized carbons (Fsp3) is 0.318. The molecule has 11 heteroatoms. The van der Waals surface area contributed by atoms with Crippen LogP contribution in [0.1, 0.15) is 16.7 Å². The number of halogens is 4. The predicted octanol–water partition coefficient (Wildman–Crippen LogP) is 4.55. The van der Waals surface area contributed by atoms with E-state index in [0.717, 1.165) is 5.56 Å². The minimum atomic E-state index is -4.40. The minimum Gasteiger partial charge on any atom is -0.484 e. The first-order chi connectivity index (χ1) is 15.5. The molecule has 0 saturated carbocycles. The van der Waals surface area contributed by atoms with Crippen molar-refractivity contribution in [2.24, 2.45) is 0 Å². The number of benzene rings is 2. The number of alkyl halides is 3. The van der Waals surface area contributed by atoms with Crippen LogP contribution in [0.3, 0.4) is 0 Å². The van der Waals surface area contributed by atoms with Crippen molar-refractivity contribution in [3.63, 3.8) is 0 Å². The summed E-state index contributed by atoms with van der Waals surface area (Å²) in [5.41, 5.74) is 3.16. The van der Waals surface area contributed by atoms with Gasteiger partial charge in [-0.1, -0.05) is 23.7 Å². The van der Waals surface area contributed by atoms with Crippen LogP contribution in [0.5, 0.6) is 5.75 Å². The Hall–Kier alpha value is -3.11. The number of amides is 1. The van der Waals surface area contributed by atoms with Crippen LogP contribution in [0.4, 0.5) is 18.9 Å². The van der Waals surface area contributed by atoms with Gasteiger partial charge >= 0.3 is 6.18 Å². The van der Waals surface area contributed by atoms with Crippen LogP contribution in [-0.4, -0.2) is 51.9 Å². The summed E-state index contributed by atoms with van der Waals surface area (Å²) in [7, 11) is 1.77. The first-order valence-electron chi connectivity index (χ1n) is 9.94. The van der Waals surface area contributed by atoms with E-state index in [1.165, 1.54) is 17.3 Å². The number of ether oxygens (including phenoxy) is 1. The molecule has 0 saturated heterocycles. The number of anilines is 1. The highest BCUT2D eigenvalue weighted by molar-refractivity contribution is 6.31. The van der Waals surface area contributed by atoms with Gasteiger partial charge in [-0.05, 0) is 55.8 Å². The average Bonchev–Trinajstić information content (AvgIpc) is 3.20. The van der Waals surface area contributed by atoms with Gasteiger partial charge in [0, 0.05) is 11.6 Å². The lowest BCUT2D eigenvalue weighted by atomic mass is 10.1. The Morgan fingerprint density at radius 2 is 1.91 bits per heavy atom. The number of hydrogen-bond donors (Lipinski definition) is 1. The molecule has 0 unspecified atom stereocenters. The molecule has 0 aliphatic carbocycles. The van der Waals surface area contributed by atoms with E-state index in [1.54, 1.807) is 56.1 Å². The largest absolute Gasteiger partial charge is 0.484 e. The summed E-state index contributed by atoms with van der Waals surface area (Å²) in [5.74, 6) is -0.0437. The second kappa shape index (κ2) is 10.2. The zero-order chi connectivity index (χ0) is 24.2. The second-order valence-electron chi connectivity index (χ2n) is 7.68. The molecule has 0 aliphatic rings. The minimum absolute atomic E-state index is 0.0771. The van der Waals surface area contributed by atoms with Crippen LogP contribution in [0.25, 0.3) is 5.69 Å². The molecule has 1 aromatic heterocycles. The van der Waals surface area contributed by atoms with E-state index in [4.69, 9.17) is 16.3 Å². The third-order valence-electron chi connectivity index (χ3n) is 4.66. The molecular weight excluding hydrogens is 459 g/mol. The van der Waals surface area contributed by atoms with Crippen LogP contribution < -0.4 is 10.1 Å². The first kappa shape index (κ1) is 24.5. The summed E-state index contributed by atoms with van der Waals surface area (Å²) < 4.78 is 43.9. The molecule has 2 aromatic carbocycles. The van der Waals surface area contributed by atoms with Crippen molar-refractivity contribution in [2.75, 3.05) is 25.5 Å². The molecule has 33 heavy (non-hydrogen) atoms. The maximum Gasteiger partial charge on any atom is 0.422 e. The van der Waals surface area contributed by atoms with Gasteiger partial charge in [0.2, 0.25) is 5.91 Å². The number of carbonyl (C=O) groups excluding carboxylic acids is 1. The van der Waals surface area contributed by atoms with Crippen molar-refractivity contribution in [1.29, 1.82) is 0 Å². The lowest BCUT2D eigenvalue weighted by Gasteiger charge is -2.19. The Labute approximate surface area is 194 Å². The quantitative estimate of drug-likeness (QED) is 0.511. The number of rotatable bonds is 8. The molecule has 3 rings (SSSR count). The molecule has 1 heterocycles. The highest BCUT2D eigenvalue weighted by Gasteiger charge is 2.29. The summed E-state index contributed by atoms with van der Waals surface area (Å²) >= 11 is 6.08. The standard InChI is InChI=1S/C22H23ClF3N5O2/c1-14-6-16(7-15(2)21(14)33-11-22(24,25)26)9-30(3)10-20(32)29-18-8-17(23)4-5-19(18)31-13-27-12-28-31/h4-8,12-13H,9-11H2,1-3H3,(H,29,32). The number of nitrogens with one attached hydrogen (secondary N) is 1. The molecule has 0 atom stereocenters. The number of nitrogens with zero attached hydrogens (tertiary/aromatic N) is 4. The van der Waals surface area contributed by atoms with Gasteiger partial charge in [0.15, 0.2) is 6.61 Å². The lowest BCUT2D eigenvalue weighted by molar-refractivity contribution is -0.153. The molecule has 7 nitrogen and oxygen atoms in total. The Balaban J connectivity index is 1.64. The van der Waals surface area contributed by atoms with Gasteiger partial charge in [0.25, 0.3) is 0 Å². The van der Waals surface area contributed by atoms with Crippen molar-refractivity contribution in [3.05, 3.63) is 64.7 Å². The van der Waals surface area contributed by atoms with Crippen molar-refractivity contribution in [3.8, 4) is 11.4 Å². The maximum absolute atomic E-state index is 12.6. The van der Waals surface area contributed by atoms with Gasteiger partial charge in [0.05, 0.1) is 17.9 Å². The van der Waals surface area contributed by atoms with E-state index in [9.17, 15) is 18.0 Å². The van der Waals surface area contributed by atoms with Gasteiger partial charge in [-0.25, -0.2) is 9.67 Å². The van der Waals surface area contributed by atoms with Crippen LogP contribution >= 0.6 is 11.6 Å². The zero-order valence-electron chi connectivity index (χ0n) is 18.3. The van der Waals surface area contributed by atoms with Gasteiger partial charge < -0.3 is 10.1 Å². The molecular formula is C22H23ClF3N5O2. The molecule has 0 fully saturated rings. The van der Waals surface area contributed by atoms with E-state index in [1.807, 2.05) is 0 Å². The Bertz CT molecular complexity index is 1100. The maximum atomic E-state index is 12.6. The van der Waals surface area contributed by atoms with Crippen LogP contribution in [0, 0.1) is 13.8 Å². The number of carbonyl (C=O) groups is 1. The fourth-order valence-electron chi connectivity index (χ4n) is 3.46. The van der Waals surface area contributed by atoms with Gasteiger partial charge in [-0.15, -0.1) is 0 Å². The smallest absolute Gasteiger partial charge is 0.422 e. The summed E-state index contributed by atoms with van der Waals surface area (Å²) in [6.07, 6.45) is -1.50. The monoisotopic (exact) mass is 481 g/mol. The molecule has 176 valence electrons. The van der Waals surface area contributed by atoms with Gasteiger partial charge in [0.1, 0.15) is 18.4 Å². The fourth-order valence-corrected chi connectivity index (χ4v) is 3.63. The van der Waals surface area contributed by atoms with Gasteiger partial charge in [-0.2, -0.15) is 18.3 Å².